The van der Waals surface area contributed by atoms with Gasteiger partial charge in [0, 0.05) is 6.07 Å². The minimum absolute atomic E-state index is 0.000237. The molecule has 0 saturated heterocycles. The molecule has 2 rings (SSSR count). The molecule has 4 N–H and O–H groups in total. The second-order valence-corrected chi connectivity index (χ2v) is 6.43. The molecule has 128 valence electrons. The van der Waals surface area contributed by atoms with Gasteiger partial charge in [-0.25, -0.2) is 14.8 Å². The fourth-order valence-corrected chi connectivity index (χ4v) is 3.21. The number of amides is 1. The van der Waals surface area contributed by atoms with E-state index in [9.17, 15) is 14.4 Å². The molecule has 0 aliphatic carbocycles. The van der Waals surface area contributed by atoms with Crippen LogP contribution < -0.4 is 16.6 Å². The van der Waals surface area contributed by atoms with Gasteiger partial charge in [0.15, 0.2) is 10.3 Å². The first-order valence-electron chi connectivity index (χ1n) is 6.83. The van der Waals surface area contributed by atoms with E-state index in [1.54, 1.807) is 13.8 Å². The molecule has 0 unspecified atom stereocenters. The monoisotopic (exact) mass is 369 g/mol. The van der Waals surface area contributed by atoms with Crippen LogP contribution in [0.3, 0.4) is 0 Å². The average molecular weight is 369 g/mol. The van der Waals surface area contributed by atoms with E-state index in [0.29, 0.717) is 15.7 Å². The lowest BCUT2D eigenvalue weighted by atomic mass is 10.4. The summed E-state index contributed by atoms with van der Waals surface area (Å²) >= 11 is 2.07. The molecule has 0 aromatic carbocycles. The highest BCUT2D eigenvalue weighted by molar-refractivity contribution is 7.99. The molecular weight excluding hydrogens is 354 g/mol. The lowest BCUT2D eigenvalue weighted by molar-refractivity contribution is -0.113. The minimum Gasteiger partial charge on any atom is -0.462 e. The van der Waals surface area contributed by atoms with Crippen molar-refractivity contribution in [2.75, 3.05) is 23.4 Å². The van der Waals surface area contributed by atoms with E-state index in [2.05, 4.69) is 20.3 Å². The molecule has 0 radical (unpaired) electrons. The third-order valence-corrected chi connectivity index (χ3v) is 4.51. The summed E-state index contributed by atoms with van der Waals surface area (Å²) in [5, 5.41) is 3.14. The van der Waals surface area contributed by atoms with Gasteiger partial charge in [0.05, 0.1) is 18.1 Å². The van der Waals surface area contributed by atoms with Gasteiger partial charge in [-0.05, 0) is 13.8 Å². The number of hydrogen-bond acceptors (Lipinski definition) is 9. The number of carbonyl (C=O) groups is 2. The zero-order valence-electron chi connectivity index (χ0n) is 12.9. The Labute approximate surface area is 145 Å². The first kappa shape index (κ1) is 17.9. The average Bonchev–Trinajstić information content (AvgIpc) is 2.85. The number of ether oxygens (including phenoxy) is 1. The van der Waals surface area contributed by atoms with E-state index >= 15 is 0 Å². The third kappa shape index (κ3) is 4.80. The Morgan fingerprint density at radius 1 is 1.46 bits per heavy atom. The predicted octanol–water partition coefficient (Wildman–Crippen LogP) is 1.02. The van der Waals surface area contributed by atoms with Gasteiger partial charge in [-0.3, -0.25) is 9.59 Å². The molecule has 9 nitrogen and oxygen atoms in total. The number of rotatable bonds is 6. The summed E-state index contributed by atoms with van der Waals surface area (Å²) in [6.07, 6.45) is 0. The fraction of sp³-hybridized carbons (Fsp3) is 0.308. The van der Waals surface area contributed by atoms with Gasteiger partial charge in [-0.15, -0.1) is 0 Å². The van der Waals surface area contributed by atoms with E-state index in [1.165, 1.54) is 0 Å². The molecule has 0 saturated carbocycles. The number of nitrogens with two attached hydrogens (primary N) is 1. The number of thioether (sulfide) groups is 1. The third-order valence-electron chi connectivity index (χ3n) is 2.58. The highest BCUT2D eigenvalue weighted by Crippen LogP contribution is 2.23. The van der Waals surface area contributed by atoms with Crippen molar-refractivity contribution in [3.63, 3.8) is 0 Å². The molecule has 0 bridgehead atoms. The maximum atomic E-state index is 11.9. The summed E-state index contributed by atoms with van der Waals surface area (Å²) in [5.41, 5.74) is 5.56. The maximum Gasteiger partial charge on any atom is 0.350 e. The first-order chi connectivity index (χ1) is 11.4. The summed E-state index contributed by atoms with van der Waals surface area (Å²) in [5.74, 6) is -0.742. The molecule has 11 heteroatoms. The van der Waals surface area contributed by atoms with Crippen molar-refractivity contribution in [2.24, 2.45) is 0 Å². The number of nitrogen functional groups attached to an aromatic ring is 1. The van der Waals surface area contributed by atoms with Crippen LogP contribution in [0.2, 0.25) is 0 Å². The molecule has 0 fully saturated rings. The zero-order chi connectivity index (χ0) is 17.7. The van der Waals surface area contributed by atoms with E-state index in [4.69, 9.17) is 10.5 Å². The summed E-state index contributed by atoms with van der Waals surface area (Å²) in [6.45, 7) is 3.64. The first-order valence-corrected chi connectivity index (χ1v) is 8.63. The molecule has 1 amide bonds. The van der Waals surface area contributed by atoms with Gasteiger partial charge in [-0.2, -0.15) is 0 Å². The predicted molar refractivity (Wildman–Crippen MR) is 91.4 cm³/mol. The molecular formula is C13H15N5O4S2. The molecule has 2 heterocycles. The maximum absolute atomic E-state index is 11.9. The lowest BCUT2D eigenvalue weighted by Crippen LogP contribution is -2.15. The SMILES string of the molecule is CCOC(=O)c1sc(NC(=O)CSc2nc(N)cc(=O)[nH]2)nc1C. The van der Waals surface area contributed by atoms with Gasteiger partial charge < -0.3 is 20.8 Å². The Morgan fingerprint density at radius 3 is 2.88 bits per heavy atom. The molecule has 2 aromatic heterocycles. The number of aromatic amines is 1. The second kappa shape index (κ2) is 7.93. The van der Waals surface area contributed by atoms with Crippen LogP contribution in [0, 0.1) is 6.92 Å². The molecule has 0 atom stereocenters. The number of H-pyrrole nitrogens is 1. The topological polar surface area (TPSA) is 140 Å². The van der Waals surface area contributed by atoms with Crippen molar-refractivity contribution >= 4 is 45.9 Å². The Morgan fingerprint density at radius 2 is 2.21 bits per heavy atom. The Balaban J connectivity index is 1.96. The number of aromatic nitrogens is 3. The van der Waals surface area contributed by atoms with E-state index in [-0.39, 0.29) is 34.8 Å². The van der Waals surface area contributed by atoms with Gasteiger partial charge >= 0.3 is 5.97 Å². The van der Waals surface area contributed by atoms with Crippen LogP contribution in [0.5, 0.6) is 0 Å². The smallest absolute Gasteiger partial charge is 0.350 e. The van der Waals surface area contributed by atoms with Gasteiger partial charge in [-0.1, -0.05) is 23.1 Å². The van der Waals surface area contributed by atoms with Crippen molar-refractivity contribution < 1.29 is 14.3 Å². The number of hydrogen-bond donors (Lipinski definition) is 3. The number of nitrogens with zero attached hydrogens (tertiary/aromatic N) is 2. The number of aryl methyl sites for hydroxylation is 1. The number of thiazole rings is 1. The highest BCUT2D eigenvalue weighted by Gasteiger charge is 2.17. The molecule has 2 aromatic rings. The lowest BCUT2D eigenvalue weighted by Gasteiger charge is -2.02. The van der Waals surface area contributed by atoms with Crippen molar-refractivity contribution in [1.29, 1.82) is 0 Å². The van der Waals surface area contributed by atoms with Crippen LogP contribution in [0.15, 0.2) is 16.0 Å². The second-order valence-electron chi connectivity index (χ2n) is 4.47. The van der Waals surface area contributed by atoms with E-state index < -0.39 is 5.97 Å². The summed E-state index contributed by atoms with van der Waals surface area (Å²) in [7, 11) is 0. The minimum atomic E-state index is -0.469. The van der Waals surface area contributed by atoms with Gasteiger partial charge in [0.25, 0.3) is 5.56 Å². The summed E-state index contributed by atoms with van der Waals surface area (Å²) in [6, 6.07) is 1.15. The molecule has 24 heavy (non-hydrogen) atoms. The van der Waals surface area contributed by atoms with Crippen molar-refractivity contribution in [3.8, 4) is 0 Å². The largest absolute Gasteiger partial charge is 0.462 e. The van der Waals surface area contributed by atoms with Crippen molar-refractivity contribution in [1.82, 2.24) is 15.0 Å². The quantitative estimate of drug-likeness (QED) is 0.389. The van der Waals surface area contributed by atoms with E-state index in [1.807, 2.05) is 0 Å². The van der Waals surface area contributed by atoms with Gasteiger partial charge in [0.1, 0.15) is 10.7 Å². The van der Waals surface area contributed by atoms with E-state index in [0.717, 1.165) is 29.2 Å². The Kier molecular flexibility index (Phi) is 5.93. The molecule has 0 spiro atoms. The standard InChI is InChI=1S/C13H15N5O4S2/c1-3-22-11(21)10-6(2)15-13(24-10)18-9(20)5-23-12-16-7(14)4-8(19)17-12/h4H,3,5H2,1-2H3,(H,15,18,20)(H3,14,16,17,19). The number of carbonyl (C=O) groups excluding carboxylic acids is 2. The van der Waals surface area contributed by atoms with Crippen LogP contribution in [-0.4, -0.2) is 39.2 Å². The summed E-state index contributed by atoms with van der Waals surface area (Å²) < 4.78 is 4.92. The number of esters is 1. The van der Waals surface area contributed by atoms with Crippen LogP contribution >= 0.6 is 23.1 Å². The Bertz CT molecular complexity index is 817. The highest BCUT2D eigenvalue weighted by atomic mass is 32.2. The van der Waals surface area contributed by atoms with Crippen LogP contribution in [0.4, 0.5) is 10.9 Å². The Hall–Kier alpha value is -2.40. The molecule has 0 aliphatic rings. The van der Waals surface area contributed by atoms with Crippen LogP contribution in [0.25, 0.3) is 0 Å². The normalized spacial score (nSPS) is 10.4. The number of anilines is 2. The zero-order valence-corrected chi connectivity index (χ0v) is 14.5. The number of nitrogens with one attached hydrogen (secondary N) is 2. The fourth-order valence-electron chi connectivity index (χ4n) is 1.65. The van der Waals surface area contributed by atoms with Crippen LogP contribution in [0.1, 0.15) is 22.3 Å². The van der Waals surface area contributed by atoms with Crippen molar-refractivity contribution in [2.45, 2.75) is 19.0 Å². The molecule has 0 aliphatic heterocycles. The summed E-state index contributed by atoms with van der Waals surface area (Å²) in [4.78, 5) is 45.8. The van der Waals surface area contributed by atoms with Crippen LogP contribution in [-0.2, 0) is 9.53 Å². The van der Waals surface area contributed by atoms with Gasteiger partial charge in [0.2, 0.25) is 5.91 Å². The van der Waals surface area contributed by atoms with Crippen molar-refractivity contribution in [3.05, 3.63) is 27.0 Å².